The first kappa shape index (κ1) is 12.8. The van der Waals surface area contributed by atoms with E-state index >= 15 is 0 Å². The summed E-state index contributed by atoms with van der Waals surface area (Å²) in [5.74, 6) is 0.0156. The zero-order chi connectivity index (χ0) is 12.0. The molecule has 0 bridgehead atoms. The van der Waals surface area contributed by atoms with Gasteiger partial charge in [0, 0.05) is 0 Å². The number of hydrogen-bond acceptors (Lipinski definition) is 4. The standard InChI is InChI=1S/C11H13ClO4/c1-2-15-10-4-3-8(7-9(10)12)11(14)16-6-5-13/h3-4,7,13H,2,5-6H2,1H3. The fourth-order valence-corrected chi connectivity index (χ4v) is 1.36. The number of aliphatic hydroxyl groups is 1. The van der Waals surface area contributed by atoms with Gasteiger partial charge in [-0.3, -0.25) is 0 Å². The number of carbonyl (C=O) groups is 1. The lowest BCUT2D eigenvalue weighted by atomic mass is 10.2. The van der Waals surface area contributed by atoms with E-state index in [1.807, 2.05) is 6.92 Å². The summed E-state index contributed by atoms with van der Waals surface area (Å²) in [5.41, 5.74) is 0.335. The van der Waals surface area contributed by atoms with Crippen molar-refractivity contribution in [1.82, 2.24) is 0 Å². The van der Waals surface area contributed by atoms with Gasteiger partial charge in [-0.25, -0.2) is 4.79 Å². The minimum absolute atomic E-state index is 0.0241. The highest BCUT2D eigenvalue weighted by molar-refractivity contribution is 6.32. The third kappa shape index (κ3) is 3.40. The average Bonchev–Trinajstić information content (AvgIpc) is 2.29. The van der Waals surface area contributed by atoms with Crippen LogP contribution in [0.2, 0.25) is 5.02 Å². The van der Waals surface area contributed by atoms with Gasteiger partial charge in [0.1, 0.15) is 12.4 Å². The quantitative estimate of drug-likeness (QED) is 0.804. The first-order chi connectivity index (χ1) is 7.69. The Balaban J connectivity index is 2.76. The Hall–Kier alpha value is -1.26. The van der Waals surface area contributed by atoms with E-state index < -0.39 is 5.97 Å². The summed E-state index contributed by atoms with van der Waals surface area (Å²) in [5, 5.41) is 8.87. The van der Waals surface area contributed by atoms with Crippen molar-refractivity contribution in [2.75, 3.05) is 19.8 Å². The van der Waals surface area contributed by atoms with Crippen molar-refractivity contribution in [3.8, 4) is 5.75 Å². The third-order valence-electron chi connectivity index (χ3n) is 1.79. The Bertz CT molecular complexity index is 365. The van der Waals surface area contributed by atoms with Crippen LogP contribution in [0, 0.1) is 0 Å². The molecule has 1 aromatic rings. The SMILES string of the molecule is CCOc1ccc(C(=O)OCCO)cc1Cl. The summed E-state index contributed by atoms with van der Waals surface area (Å²) < 4.78 is 9.97. The number of esters is 1. The van der Waals surface area contributed by atoms with Crippen LogP contribution in [0.25, 0.3) is 0 Å². The van der Waals surface area contributed by atoms with Gasteiger partial charge >= 0.3 is 5.97 Å². The Morgan fingerprint density at radius 1 is 1.50 bits per heavy atom. The minimum atomic E-state index is -0.515. The van der Waals surface area contributed by atoms with E-state index in [0.29, 0.717) is 22.9 Å². The highest BCUT2D eigenvalue weighted by Gasteiger charge is 2.10. The summed E-state index contributed by atoms with van der Waals surface area (Å²) in [6.07, 6.45) is 0. The second-order valence-corrected chi connectivity index (χ2v) is 3.34. The van der Waals surface area contributed by atoms with E-state index in [1.54, 1.807) is 12.1 Å². The number of ether oxygens (including phenoxy) is 2. The minimum Gasteiger partial charge on any atom is -0.492 e. The third-order valence-corrected chi connectivity index (χ3v) is 2.09. The maximum Gasteiger partial charge on any atom is 0.338 e. The molecule has 1 rings (SSSR count). The van der Waals surface area contributed by atoms with Crippen molar-refractivity contribution in [3.05, 3.63) is 28.8 Å². The molecule has 0 aliphatic rings. The lowest BCUT2D eigenvalue weighted by molar-refractivity contribution is 0.0433. The molecule has 0 saturated carbocycles. The zero-order valence-corrected chi connectivity index (χ0v) is 9.66. The molecule has 1 N–H and O–H groups in total. The molecule has 0 aliphatic heterocycles. The zero-order valence-electron chi connectivity index (χ0n) is 8.90. The fraction of sp³-hybridized carbons (Fsp3) is 0.364. The van der Waals surface area contributed by atoms with Crippen LogP contribution in [0.4, 0.5) is 0 Å². The summed E-state index contributed by atoms with van der Waals surface area (Å²) in [6, 6.07) is 4.66. The monoisotopic (exact) mass is 244 g/mol. The van der Waals surface area contributed by atoms with Crippen molar-refractivity contribution >= 4 is 17.6 Å². The van der Waals surface area contributed by atoms with Gasteiger partial charge < -0.3 is 14.6 Å². The summed E-state index contributed by atoms with van der Waals surface area (Å²) in [6.45, 7) is 2.13. The summed E-state index contributed by atoms with van der Waals surface area (Å²) in [4.78, 5) is 11.4. The Kier molecular flexibility index (Phi) is 5.08. The Labute approximate surface area is 98.7 Å². The largest absolute Gasteiger partial charge is 0.492 e. The Morgan fingerprint density at radius 3 is 2.81 bits per heavy atom. The smallest absolute Gasteiger partial charge is 0.338 e. The fourth-order valence-electron chi connectivity index (χ4n) is 1.12. The molecule has 0 unspecified atom stereocenters. The van der Waals surface area contributed by atoms with Crippen molar-refractivity contribution < 1.29 is 19.4 Å². The van der Waals surface area contributed by atoms with Crippen molar-refractivity contribution in [2.45, 2.75) is 6.92 Å². The predicted molar refractivity (Wildman–Crippen MR) is 60.0 cm³/mol. The number of hydrogen-bond donors (Lipinski definition) is 1. The van der Waals surface area contributed by atoms with E-state index in [1.165, 1.54) is 6.07 Å². The summed E-state index contributed by atoms with van der Waals surface area (Å²) in [7, 11) is 0. The van der Waals surface area contributed by atoms with Gasteiger partial charge in [0.2, 0.25) is 0 Å². The molecule has 0 aromatic heterocycles. The molecule has 1 aromatic carbocycles. The highest BCUT2D eigenvalue weighted by atomic mass is 35.5. The van der Waals surface area contributed by atoms with Gasteiger partial charge in [-0.05, 0) is 25.1 Å². The van der Waals surface area contributed by atoms with Crippen molar-refractivity contribution in [3.63, 3.8) is 0 Å². The lowest BCUT2D eigenvalue weighted by Gasteiger charge is -2.07. The number of carbonyl (C=O) groups excluding carboxylic acids is 1. The molecule has 0 amide bonds. The van der Waals surface area contributed by atoms with Gasteiger partial charge in [0.25, 0.3) is 0 Å². The van der Waals surface area contributed by atoms with Crippen molar-refractivity contribution in [1.29, 1.82) is 0 Å². The van der Waals surface area contributed by atoms with Crippen LogP contribution in [0.3, 0.4) is 0 Å². The molecule has 0 fully saturated rings. The molecule has 0 heterocycles. The van der Waals surface area contributed by atoms with Gasteiger partial charge in [0.05, 0.1) is 23.8 Å². The molecule has 0 aliphatic carbocycles. The maximum atomic E-state index is 11.4. The highest BCUT2D eigenvalue weighted by Crippen LogP contribution is 2.25. The van der Waals surface area contributed by atoms with E-state index in [2.05, 4.69) is 0 Å². The molecule has 16 heavy (non-hydrogen) atoms. The average molecular weight is 245 g/mol. The van der Waals surface area contributed by atoms with Crippen LogP contribution >= 0.6 is 11.6 Å². The first-order valence-corrected chi connectivity index (χ1v) is 5.27. The van der Waals surface area contributed by atoms with E-state index in [9.17, 15) is 4.79 Å². The number of rotatable bonds is 5. The van der Waals surface area contributed by atoms with Gasteiger partial charge in [-0.2, -0.15) is 0 Å². The van der Waals surface area contributed by atoms with Crippen LogP contribution in [0.15, 0.2) is 18.2 Å². The number of aliphatic hydroxyl groups excluding tert-OH is 1. The molecule has 5 heteroatoms. The van der Waals surface area contributed by atoms with Crippen LogP contribution in [0.1, 0.15) is 17.3 Å². The van der Waals surface area contributed by atoms with E-state index in [4.69, 9.17) is 26.2 Å². The second kappa shape index (κ2) is 6.35. The molecule has 0 saturated heterocycles. The van der Waals surface area contributed by atoms with Crippen LogP contribution in [0.5, 0.6) is 5.75 Å². The molecule has 88 valence electrons. The Morgan fingerprint density at radius 2 is 2.25 bits per heavy atom. The van der Waals surface area contributed by atoms with Gasteiger partial charge in [0.15, 0.2) is 0 Å². The van der Waals surface area contributed by atoms with Crippen LogP contribution in [-0.2, 0) is 4.74 Å². The predicted octanol–water partition coefficient (Wildman–Crippen LogP) is 1.89. The first-order valence-electron chi connectivity index (χ1n) is 4.89. The molecule has 4 nitrogen and oxygen atoms in total. The number of benzene rings is 1. The van der Waals surface area contributed by atoms with Crippen molar-refractivity contribution in [2.24, 2.45) is 0 Å². The van der Waals surface area contributed by atoms with Crippen LogP contribution in [-0.4, -0.2) is 30.9 Å². The number of halogens is 1. The molecule has 0 spiro atoms. The summed E-state index contributed by atoms with van der Waals surface area (Å²) >= 11 is 5.90. The lowest BCUT2D eigenvalue weighted by Crippen LogP contribution is -2.08. The molecule has 0 atom stereocenters. The molecule has 0 radical (unpaired) electrons. The van der Waals surface area contributed by atoms with Crippen LogP contribution < -0.4 is 4.74 Å². The van der Waals surface area contributed by atoms with Gasteiger partial charge in [-0.1, -0.05) is 11.6 Å². The van der Waals surface area contributed by atoms with E-state index in [0.717, 1.165) is 0 Å². The van der Waals surface area contributed by atoms with E-state index in [-0.39, 0.29) is 13.2 Å². The topological polar surface area (TPSA) is 55.8 Å². The second-order valence-electron chi connectivity index (χ2n) is 2.94. The molecular formula is C11H13ClO4. The van der Waals surface area contributed by atoms with Gasteiger partial charge in [-0.15, -0.1) is 0 Å². The normalized spacial score (nSPS) is 9.94. The molecular weight excluding hydrogens is 232 g/mol. The maximum absolute atomic E-state index is 11.4.